The molecule has 0 radical (unpaired) electrons. The van der Waals surface area contributed by atoms with Crippen LogP contribution in [0.2, 0.25) is 0 Å². The van der Waals surface area contributed by atoms with E-state index >= 15 is 0 Å². The lowest BCUT2D eigenvalue weighted by molar-refractivity contribution is 0.396. The number of rotatable bonds is 6. The number of piperidine rings is 1. The molecule has 1 aromatic rings. The van der Waals surface area contributed by atoms with E-state index < -0.39 is 0 Å². The molecule has 0 spiro atoms. The van der Waals surface area contributed by atoms with Crippen LogP contribution in [-0.2, 0) is 0 Å². The van der Waals surface area contributed by atoms with Crippen LogP contribution in [0.1, 0.15) is 38.5 Å². The lowest BCUT2D eigenvalue weighted by Gasteiger charge is -2.33. The summed E-state index contributed by atoms with van der Waals surface area (Å²) >= 11 is 1.85. The summed E-state index contributed by atoms with van der Waals surface area (Å²) in [6.45, 7) is 3.40. The third-order valence-electron chi connectivity index (χ3n) is 5.84. The molecule has 132 valence electrons. The molecule has 0 aromatic carbocycles. The lowest BCUT2D eigenvalue weighted by Crippen LogP contribution is -2.49. The monoisotopic (exact) mass is 346 g/mol. The van der Waals surface area contributed by atoms with Crippen molar-refractivity contribution in [1.29, 1.82) is 0 Å². The van der Waals surface area contributed by atoms with Crippen molar-refractivity contribution in [3.8, 4) is 0 Å². The quantitative estimate of drug-likeness (QED) is 0.613. The summed E-state index contributed by atoms with van der Waals surface area (Å²) in [5.74, 6) is 3.90. The van der Waals surface area contributed by atoms with E-state index in [-0.39, 0.29) is 0 Å². The Kier molecular flexibility index (Phi) is 4.97. The molecule has 2 heterocycles. The van der Waals surface area contributed by atoms with Crippen molar-refractivity contribution in [2.75, 3.05) is 31.6 Å². The van der Waals surface area contributed by atoms with Crippen molar-refractivity contribution in [2.24, 2.45) is 22.7 Å². The molecule has 1 saturated heterocycles. The topological polar surface area (TPSA) is 39.7 Å². The van der Waals surface area contributed by atoms with Gasteiger partial charge >= 0.3 is 0 Å². The van der Waals surface area contributed by atoms with Crippen molar-refractivity contribution in [3.05, 3.63) is 17.5 Å². The van der Waals surface area contributed by atoms with Crippen LogP contribution in [0.25, 0.3) is 0 Å². The Hall–Kier alpha value is -1.23. The van der Waals surface area contributed by atoms with Crippen LogP contribution in [0, 0.1) is 17.8 Å². The van der Waals surface area contributed by atoms with E-state index in [1.54, 1.807) is 0 Å². The molecule has 0 amide bonds. The van der Waals surface area contributed by atoms with Crippen molar-refractivity contribution in [3.63, 3.8) is 0 Å². The predicted molar refractivity (Wildman–Crippen MR) is 103 cm³/mol. The molecule has 4 rings (SSSR count). The van der Waals surface area contributed by atoms with Gasteiger partial charge in [0.2, 0.25) is 0 Å². The highest BCUT2D eigenvalue weighted by Crippen LogP contribution is 2.48. The Morgan fingerprint density at radius 3 is 2.46 bits per heavy atom. The SMILES string of the molecule is CN=C(NCC(C1CC1)C1CC1)NC1CCN(c2cccs2)CC1. The Labute approximate surface area is 149 Å². The highest BCUT2D eigenvalue weighted by Gasteiger charge is 2.41. The molecule has 1 aliphatic heterocycles. The van der Waals surface area contributed by atoms with Gasteiger partial charge in [-0.15, -0.1) is 11.3 Å². The van der Waals surface area contributed by atoms with Gasteiger partial charge in [0.1, 0.15) is 0 Å². The van der Waals surface area contributed by atoms with Gasteiger partial charge in [-0.25, -0.2) is 0 Å². The number of nitrogens with one attached hydrogen (secondary N) is 2. The maximum Gasteiger partial charge on any atom is 0.191 e. The fraction of sp³-hybridized carbons (Fsp3) is 0.737. The first kappa shape index (κ1) is 16.2. The van der Waals surface area contributed by atoms with Crippen LogP contribution in [0.5, 0.6) is 0 Å². The van der Waals surface area contributed by atoms with Gasteiger partial charge in [-0.2, -0.15) is 0 Å². The minimum absolute atomic E-state index is 0.549. The molecule has 3 fully saturated rings. The number of guanidine groups is 1. The van der Waals surface area contributed by atoms with Gasteiger partial charge in [0.05, 0.1) is 5.00 Å². The van der Waals surface area contributed by atoms with E-state index in [1.165, 1.54) is 43.5 Å². The average molecular weight is 347 g/mol. The van der Waals surface area contributed by atoms with Crippen molar-refractivity contribution in [1.82, 2.24) is 10.6 Å². The van der Waals surface area contributed by atoms with Crippen LogP contribution in [0.4, 0.5) is 5.00 Å². The molecule has 3 aliphatic rings. The van der Waals surface area contributed by atoms with Gasteiger partial charge < -0.3 is 15.5 Å². The number of anilines is 1. The Bertz CT molecular complexity index is 528. The van der Waals surface area contributed by atoms with Crippen LogP contribution in [0.15, 0.2) is 22.5 Å². The van der Waals surface area contributed by atoms with Gasteiger partial charge in [0.25, 0.3) is 0 Å². The highest BCUT2D eigenvalue weighted by molar-refractivity contribution is 7.14. The molecule has 0 bridgehead atoms. The molecule has 2 N–H and O–H groups in total. The smallest absolute Gasteiger partial charge is 0.191 e. The number of hydrogen-bond donors (Lipinski definition) is 2. The summed E-state index contributed by atoms with van der Waals surface area (Å²) in [6, 6.07) is 4.92. The Morgan fingerprint density at radius 2 is 1.92 bits per heavy atom. The zero-order valence-corrected chi connectivity index (χ0v) is 15.5. The first-order valence-electron chi connectivity index (χ1n) is 9.59. The second-order valence-electron chi connectivity index (χ2n) is 7.65. The first-order chi connectivity index (χ1) is 11.8. The third kappa shape index (κ3) is 4.05. The molecule has 5 heteroatoms. The van der Waals surface area contributed by atoms with Gasteiger partial charge in [-0.1, -0.05) is 0 Å². The standard InChI is InChI=1S/C19H30N4S/c1-20-19(21-13-17(14-4-5-14)15-6-7-15)22-16-8-10-23(11-9-16)18-3-2-12-24-18/h2-3,12,14-17H,4-11,13H2,1H3,(H2,20,21,22). The molecule has 24 heavy (non-hydrogen) atoms. The molecule has 2 saturated carbocycles. The largest absolute Gasteiger partial charge is 0.363 e. The number of thiophene rings is 1. The second-order valence-corrected chi connectivity index (χ2v) is 8.57. The van der Waals surface area contributed by atoms with E-state index in [4.69, 9.17) is 0 Å². The molecular formula is C19H30N4S. The van der Waals surface area contributed by atoms with Gasteiger partial charge in [0, 0.05) is 32.7 Å². The zero-order valence-electron chi connectivity index (χ0n) is 14.7. The number of aliphatic imine (C=N–C) groups is 1. The summed E-state index contributed by atoms with van der Waals surface area (Å²) in [7, 11) is 1.90. The third-order valence-corrected chi connectivity index (χ3v) is 6.77. The Morgan fingerprint density at radius 1 is 1.21 bits per heavy atom. The molecule has 4 nitrogen and oxygen atoms in total. The molecular weight excluding hydrogens is 316 g/mol. The van der Waals surface area contributed by atoms with E-state index in [0.29, 0.717) is 6.04 Å². The predicted octanol–water partition coefficient (Wildman–Crippen LogP) is 3.32. The summed E-state index contributed by atoms with van der Waals surface area (Å²) in [5.41, 5.74) is 0. The van der Waals surface area contributed by atoms with Crippen LogP contribution in [0.3, 0.4) is 0 Å². The summed E-state index contributed by atoms with van der Waals surface area (Å²) in [6.07, 6.45) is 8.19. The minimum atomic E-state index is 0.549. The van der Waals surface area contributed by atoms with Crippen molar-refractivity contribution >= 4 is 22.3 Å². The number of nitrogens with zero attached hydrogens (tertiary/aromatic N) is 2. The normalized spacial score (nSPS) is 22.9. The first-order valence-corrected chi connectivity index (χ1v) is 10.5. The van der Waals surface area contributed by atoms with Gasteiger partial charge in [0.15, 0.2) is 5.96 Å². The maximum absolute atomic E-state index is 4.47. The van der Waals surface area contributed by atoms with Crippen LogP contribution >= 0.6 is 11.3 Å². The van der Waals surface area contributed by atoms with Gasteiger partial charge in [-0.3, -0.25) is 4.99 Å². The Balaban J connectivity index is 1.22. The van der Waals surface area contributed by atoms with E-state index in [0.717, 1.165) is 43.3 Å². The molecule has 0 unspecified atom stereocenters. The summed E-state index contributed by atoms with van der Waals surface area (Å²) < 4.78 is 0. The fourth-order valence-electron chi connectivity index (χ4n) is 4.06. The zero-order chi connectivity index (χ0) is 16.4. The van der Waals surface area contributed by atoms with Gasteiger partial charge in [-0.05, 0) is 73.8 Å². The maximum atomic E-state index is 4.47. The highest BCUT2D eigenvalue weighted by atomic mass is 32.1. The molecule has 0 atom stereocenters. The lowest BCUT2D eigenvalue weighted by atomic mass is 9.98. The second kappa shape index (κ2) is 7.34. The summed E-state index contributed by atoms with van der Waals surface area (Å²) in [4.78, 5) is 6.97. The van der Waals surface area contributed by atoms with Crippen LogP contribution < -0.4 is 15.5 Å². The summed E-state index contributed by atoms with van der Waals surface area (Å²) in [5, 5.41) is 10.9. The minimum Gasteiger partial charge on any atom is -0.363 e. The average Bonchev–Trinajstić information content (AvgIpc) is 3.55. The van der Waals surface area contributed by atoms with E-state index in [1.807, 2.05) is 18.4 Å². The number of hydrogen-bond acceptors (Lipinski definition) is 3. The molecule has 1 aromatic heterocycles. The molecule has 2 aliphatic carbocycles. The van der Waals surface area contributed by atoms with E-state index in [9.17, 15) is 0 Å². The van der Waals surface area contributed by atoms with Crippen LogP contribution in [-0.4, -0.2) is 38.7 Å². The van der Waals surface area contributed by atoms with Crippen molar-refractivity contribution < 1.29 is 0 Å². The van der Waals surface area contributed by atoms with Crippen molar-refractivity contribution in [2.45, 2.75) is 44.6 Å². The van der Waals surface area contributed by atoms with E-state index in [2.05, 4.69) is 38.0 Å². The fourth-order valence-corrected chi connectivity index (χ4v) is 4.85.